The first-order valence-corrected chi connectivity index (χ1v) is 6.54. The molecule has 2 rings (SSSR count). The van der Waals surface area contributed by atoms with Gasteiger partial charge in [0.25, 0.3) is 0 Å². The third kappa shape index (κ3) is 2.60. The molecule has 1 saturated heterocycles. The first kappa shape index (κ1) is 11.1. The summed E-state index contributed by atoms with van der Waals surface area (Å²) in [7, 11) is 2.21. The van der Waals surface area contributed by atoms with Gasteiger partial charge in [-0.2, -0.15) is 0 Å². The lowest BCUT2D eigenvalue weighted by atomic mass is 10.1. The smallest absolute Gasteiger partial charge is 0.0388 e. The molecule has 0 saturated carbocycles. The van der Waals surface area contributed by atoms with E-state index >= 15 is 0 Å². The van der Waals surface area contributed by atoms with Crippen molar-refractivity contribution in [3.8, 4) is 0 Å². The summed E-state index contributed by atoms with van der Waals surface area (Å²) in [5.74, 6) is 0. The van der Waals surface area contributed by atoms with Gasteiger partial charge in [-0.1, -0.05) is 6.07 Å². The van der Waals surface area contributed by atoms with E-state index in [-0.39, 0.29) is 0 Å². The van der Waals surface area contributed by atoms with Crippen LogP contribution in [0, 0.1) is 0 Å². The van der Waals surface area contributed by atoms with Gasteiger partial charge >= 0.3 is 0 Å². The van der Waals surface area contributed by atoms with Crippen LogP contribution >= 0.6 is 11.3 Å². The van der Waals surface area contributed by atoms with E-state index in [1.165, 1.54) is 17.8 Å². The van der Waals surface area contributed by atoms with Crippen molar-refractivity contribution in [3.05, 3.63) is 22.4 Å². The lowest BCUT2D eigenvalue weighted by Crippen LogP contribution is -2.33. The summed E-state index contributed by atoms with van der Waals surface area (Å²) in [5, 5.41) is 5.86. The quantitative estimate of drug-likeness (QED) is 0.848. The molecule has 0 amide bonds. The molecule has 1 aromatic heterocycles. The highest BCUT2D eigenvalue weighted by Gasteiger charge is 2.26. The molecule has 0 radical (unpaired) electrons. The molecule has 3 heteroatoms. The van der Waals surface area contributed by atoms with Crippen LogP contribution < -0.4 is 5.32 Å². The second kappa shape index (κ2) is 4.64. The van der Waals surface area contributed by atoms with Crippen LogP contribution in [0.1, 0.15) is 31.2 Å². The van der Waals surface area contributed by atoms with E-state index in [1.807, 2.05) is 11.3 Å². The van der Waals surface area contributed by atoms with Crippen molar-refractivity contribution in [1.29, 1.82) is 0 Å². The molecule has 2 heterocycles. The van der Waals surface area contributed by atoms with E-state index in [2.05, 4.69) is 48.6 Å². The Bertz CT molecular complexity index is 287. The van der Waals surface area contributed by atoms with Crippen molar-refractivity contribution in [1.82, 2.24) is 10.2 Å². The van der Waals surface area contributed by atoms with Crippen molar-refractivity contribution in [2.45, 2.75) is 38.4 Å². The zero-order chi connectivity index (χ0) is 10.8. The molecule has 1 aliphatic rings. The summed E-state index contributed by atoms with van der Waals surface area (Å²) < 4.78 is 0. The van der Waals surface area contributed by atoms with Crippen molar-refractivity contribution in [2.75, 3.05) is 13.6 Å². The fraction of sp³-hybridized carbons (Fsp3) is 0.667. The van der Waals surface area contributed by atoms with Crippen molar-refractivity contribution >= 4 is 11.3 Å². The predicted octanol–water partition coefficient (Wildman–Crippen LogP) is 2.49. The Morgan fingerprint density at radius 2 is 2.40 bits per heavy atom. The minimum absolute atomic E-state index is 0.494. The third-order valence-electron chi connectivity index (χ3n) is 3.34. The van der Waals surface area contributed by atoms with Crippen molar-refractivity contribution in [3.63, 3.8) is 0 Å². The number of hydrogen-bond acceptors (Lipinski definition) is 3. The lowest BCUT2D eigenvalue weighted by molar-refractivity contribution is 0.325. The highest BCUT2D eigenvalue weighted by molar-refractivity contribution is 7.10. The van der Waals surface area contributed by atoms with Gasteiger partial charge in [0.15, 0.2) is 0 Å². The Kier molecular flexibility index (Phi) is 3.44. The Hall–Kier alpha value is -0.380. The monoisotopic (exact) mass is 224 g/mol. The van der Waals surface area contributed by atoms with Gasteiger partial charge in [-0.15, -0.1) is 11.3 Å². The molecule has 0 bridgehead atoms. The van der Waals surface area contributed by atoms with Crippen LogP contribution in [0.25, 0.3) is 0 Å². The minimum atomic E-state index is 0.494. The van der Waals surface area contributed by atoms with E-state index in [4.69, 9.17) is 0 Å². The molecule has 0 aliphatic carbocycles. The molecule has 2 nitrogen and oxygen atoms in total. The highest BCUT2D eigenvalue weighted by atomic mass is 32.1. The van der Waals surface area contributed by atoms with Gasteiger partial charge in [0.05, 0.1) is 0 Å². The zero-order valence-corrected chi connectivity index (χ0v) is 10.6. The maximum atomic E-state index is 3.71. The van der Waals surface area contributed by atoms with Crippen LogP contribution in [0.4, 0.5) is 0 Å². The number of nitrogens with zero attached hydrogens (tertiary/aromatic N) is 1. The van der Waals surface area contributed by atoms with Gasteiger partial charge in [-0.05, 0) is 38.8 Å². The lowest BCUT2D eigenvalue weighted by Gasteiger charge is -2.18. The van der Waals surface area contributed by atoms with Gasteiger partial charge in [-0.3, -0.25) is 0 Å². The molecule has 84 valence electrons. The van der Waals surface area contributed by atoms with Crippen LogP contribution in [-0.4, -0.2) is 30.6 Å². The molecular formula is C12H20N2S. The number of hydrogen-bond donors (Lipinski definition) is 1. The van der Waals surface area contributed by atoms with Crippen LogP contribution in [0.2, 0.25) is 0 Å². The predicted molar refractivity (Wildman–Crippen MR) is 66.4 cm³/mol. The van der Waals surface area contributed by atoms with Crippen LogP contribution in [-0.2, 0) is 0 Å². The topological polar surface area (TPSA) is 15.3 Å². The Morgan fingerprint density at radius 3 is 2.93 bits per heavy atom. The van der Waals surface area contributed by atoms with Gasteiger partial charge in [0, 0.05) is 29.5 Å². The van der Waals surface area contributed by atoms with E-state index in [9.17, 15) is 0 Å². The van der Waals surface area contributed by atoms with E-state index in [1.54, 1.807) is 0 Å². The second-order valence-electron chi connectivity index (χ2n) is 4.62. The number of rotatable bonds is 3. The molecule has 15 heavy (non-hydrogen) atoms. The molecule has 1 N–H and O–H groups in total. The number of nitrogens with one attached hydrogen (secondary N) is 1. The van der Waals surface area contributed by atoms with Crippen molar-refractivity contribution in [2.24, 2.45) is 0 Å². The maximum absolute atomic E-state index is 3.71. The summed E-state index contributed by atoms with van der Waals surface area (Å²) in [6.07, 6.45) is 1.27. The van der Waals surface area contributed by atoms with E-state index in [0.717, 1.165) is 6.04 Å². The normalized spacial score (nSPS) is 29.5. The minimum Gasteiger partial charge on any atom is -0.305 e. The van der Waals surface area contributed by atoms with Gasteiger partial charge in [0.2, 0.25) is 0 Å². The number of likely N-dealkylation sites (tertiary alicyclic amines) is 1. The van der Waals surface area contributed by atoms with Crippen LogP contribution in [0.5, 0.6) is 0 Å². The van der Waals surface area contributed by atoms with E-state index < -0.39 is 0 Å². The Balaban J connectivity index is 1.88. The standard InChI is InChI=1S/C12H20N2S/c1-9-7-11(8-14(9)3)13-10(2)12-5-4-6-15-12/h4-6,9-11,13H,7-8H2,1-3H3. The summed E-state index contributed by atoms with van der Waals surface area (Å²) in [6.45, 7) is 5.74. The first-order chi connectivity index (χ1) is 7.16. The number of thiophene rings is 1. The first-order valence-electron chi connectivity index (χ1n) is 5.66. The molecule has 1 aromatic rings. The molecule has 3 unspecified atom stereocenters. The average molecular weight is 224 g/mol. The van der Waals surface area contributed by atoms with E-state index in [0.29, 0.717) is 12.1 Å². The molecule has 1 aliphatic heterocycles. The second-order valence-corrected chi connectivity index (χ2v) is 5.60. The Labute approximate surface area is 96.3 Å². The largest absolute Gasteiger partial charge is 0.305 e. The fourth-order valence-corrected chi connectivity index (χ4v) is 3.03. The van der Waals surface area contributed by atoms with Gasteiger partial charge in [0.1, 0.15) is 0 Å². The van der Waals surface area contributed by atoms with Crippen molar-refractivity contribution < 1.29 is 0 Å². The molecule has 0 aromatic carbocycles. The fourth-order valence-electron chi connectivity index (χ4n) is 2.29. The highest BCUT2D eigenvalue weighted by Crippen LogP contribution is 2.22. The van der Waals surface area contributed by atoms with Crippen LogP contribution in [0.15, 0.2) is 17.5 Å². The third-order valence-corrected chi connectivity index (χ3v) is 4.40. The van der Waals surface area contributed by atoms with Gasteiger partial charge < -0.3 is 10.2 Å². The molecule has 0 spiro atoms. The summed E-state index contributed by atoms with van der Waals surface area (Å²) in [6, 6.07) is 6.21. The molecule has 1 fully saturated rings. The summed E-state index contributed by atoms with van der Waals surface area (Å²) >= 11 is 1.84. The molecule has 3 atom stereocenters. The molecular weight excluding hydrogens is 204 g/mol. The summed E-state index contributed by atoms with van der Waals surface area (Å²) in [4.78, 5) is 3.87. The summed E-state index contributed by atoms with van der Waals surface area (Å²) in [5.41, 5.74) is 0. The SMILES string of the molecule is CC(NC1CC(C)N(C)C1)c1cccs1. The zero-order valence-electron chi connectivity index (χ0n) is 9.73. The van der Waals surface area contributed by atoms with Crippen LogP contribution in [0.3, 0.4) is 0 Å². The number of likely N-dealkylation sites (N-methyl/N-ethyl adjacent to an activating group) is 1. The van der Waals surface area contributed by atoms with Gasteiger partial charge in [-0.25, -0.2) is 0 Å². The maximum Gasteiger partial charge on any atom is 0.0388 e. The average Bonchev–Trinajstić information content (AvgIpc) is 2.77. The Morgan fingerprint density at radius 1 is 1.60 bits per heavy atom.